The number of primary amides is 1. The van der Waals surface area contributed by atoms with Crippen LogP contribution in [0.3, 0.4) is 0 Å². The number of piperidine rings is 1. The molecule has 1 unspecified atom stereocenters. The lowest BCUT2D eigenvalue weighted by Gasteiger charge is -2.34. The number of anilines is 1. The van der Waals surface area contributed by atoms with Gasteiger partial charge >= 0.3 is 0 Å². The number of benzene rings is 2. The summed E-state index contributed by atoms with van der Waals surface area (Å²) in [6.07, 6.45) is 2.00. The van der Waals surface area contributed by atoms with Gasteiger partial charge in [0.15, 0.2) is 11.5 Å². The van der Waals surface area contributed by atoms with E-state index in [1.807, 2.05) is 30.0 Å². The number of rotatable bonds is 5. The summed E-state index contributed by atoms with van der Waals surface area (Å²) in [5.74, 6) is 0.389. The standard InChI is InChI=1S/C29H29N5O5/c1-16-3-4-23-21(11-16)32-28(39-23)17-5-8-34(9-6-17)26-20-12-18(14-30)24(38-19-7-10-37-15-19)13-22(20)33(2)29(36)25(26)27(31)35/h3-4,11-13,17,19H,5-10,15H2,1-2H3,(H2,31,35). The maximum Gasteiger partial charge on any atom is 0.265 e. The molecule has 200 valence electrons. The van der Waals surface area contributed by atoms with Crippen molar-refractivity contribution in [2.24, 2.45) is 12.8 Å². The molecule has 0 aliphatic carbocycles. The number of ether oxygens (including phenoxy) is 2. The molecule has 2 saturated heterocycles. The number of oxazole rings is 1. The van der Waals surface area contributed by atoms with Crippen molar-refractivity contribution in [2.75, 3.05) is 31.2 Å². The number of aromatic nitrogens is 2. The molecule has 0 bridgehead atoms. The van der Waals surface area contributed by atoms with Gasteiger partial charge in [-0.3, -0.25) is 9.59 Å². The van der Waals surface area contributed by atoms with Gasteiger partial charge in [0.25, 0.3) is 11.5 Å². The third-order valence-corrected chi connectivity index (χ3v) is 7.74. The fourth-order valence-corrected chi connectivity index (χ4v) is 5.65. The largest absolute Gasteiger partial charge is 0.486 e. The maximum atomic E-state index is 13.4. The lowest BCUT2D eigenvalue weighted by atomic mass is 9.94. The third-order valence-electron chi connectivity index (χ3n) is 7.74. The summed E-state index contributed by atoms with van der Waals surface area (Å²) < 4.78 is 18.9. The molecule has 2 aromatic heterocycles. The van der Waals surface area contributed by atoms with Gasteiger partial charge in [-0.25, -0.2) is 4.98 Å². The molecule has 2 aliphatic rings. The van der Waals surface area contributed by atoms with Crippen LogP contribution in [0.25, 0.3) is 22.0 Å². The number of amides is 1. The van der Waals surface area contributed by atoms with Crippen LogP contribution in [-0.4, -0.2) is 47.9 Å². The molecule has 1 atom stereocenters. The molecule has 2 N–H and O–H groups in total. The Morgan fingerprint density at radius 1 is 1.21 bits per heavy atom. The number of hydrogen-bond donors (Lipinski definition) is 1. The van der Waals surface area contributed by atoms with Gasteiger partial charge in [-0.2, -0.15) is 5.26 Å². The summed E-state index contributed by atoms with van der Waals surface area (Å²) in [4.78, 5) is 32.7. The molecule has 0 saturated carbocycles. The topological polar surface area (TPSA) is 137 Å². The Labute approximate surface area is 224 Å². The minimum atomic E-state index is -0.800. The van der Waals surface area contributed by atoms with Crippen LogP contribution >= 0.6 is 0 Å². The van der Waals surface area contributed by atoms with Gasteiger partial charge in [0.05, 0.1) is 30.0 Å². The van der Waals surface area contributed by atoms with Gasteiger partial charge in [0.1, 0.15) is 29.0 Å². The Morgan fingerprint density at radius 3 is 2.69 bits per heavy atom. The zero-order chi connectivity index (χ0) is 27.3. The second-order valence-electron chi connectivity index (χ2n) is 10.3. The Morgan fingerprint density at radius 2 is 2.00 bits per heavy atom. The Bertz CT molecular complexity index is 1700. The molecular weight excluding hydrogens is 498 g/mol. The molecule has 6 rings (SSSR count). The Hall–Kier alpha value is -4.36. The number of carbonyl (C=O) groups is 1. The zero-order valence-corrected chi connectivity index (χ0v) is 21.9. The molecule has 39 heavy (non-hydrogen) atoms. The second-order valence-corrected chi connectivity index (χ2v) is 10.3. The lowest BCUT2D eigenvalue weighted by Crippen LogP contribution is -2.38. The normalized spacial score (nSPS) is 18.1. The number of aryl methyl sites for hydroxylation is 2. The van der Waals surface area contributed by atoms with Crippen molar-refractivity contribution in [3.63, 3.8) is 0 Å². The van der Waals surface area contributed by atoms with Gasteiger partial charge in [0.2, 0.25) is 0 Å². The number of fused-ring (bicyclic) bond motifs is 2. The van der Waals surface area contributed by atoms with Crippen LogP contribution in [0, 0.1) is 18.3 Å². The Kier molecular flexibility index (Phi) is 6.23. The van der Waals surface area contributed by atoms with Crippen molar-refractivity contribution in [1.82, 2.24) is 9.55 Å². The lowest BCUT2D eigenvalue weighted by molar-refractivity contribution is 0.0999. The number of carbonyl (C=O) groups excluding carboxylic acids is 1. The predicted octanol–water partition coefficient (Wildman–Crippen LogP) is 3.51. The van der Waals surface area contributed by atoms with Crippen LogP contribution in [-0.2, 0) is 11.8 Å². The summed E-state index contributed by atoms with van der Waals surface area (Å²) in [6, 6.07) is 11.5. The summed E-state index contributed by atoms with van der Waals surface area (Å²) >= 11 is 0. The van der Waals surface area contributed by atoms with Crippen LogP contribution in [0.2, 0.25) is 0 Å². The van der Waals surface area contributed by atoms with Crippen LogP contribution in [0.4, 0.5) is 5.69 Å². The number of nitriles is 1. The van der Waals surface area contributed by atoms with E-state index in [2.05, 4.69) is 6.07 Å². The fraction of sp³-hybridized carbons (Fsp3) is 0.379. The zero-order valence-electron chi connectivity index (χ0n) is 21.9. The highest BCUT2D eigenvalue weighted by Crippen LogP contribution is 2.38. The van der Waals surface area contributed by atoms with Crippen molar-refractivity contribution >= 4 is 33.6 Å². The van der Waals surface area contributed by atoms with Crippen molar-refractivity contribution in [3.8, 4) is 11.8 Å². The quantitative estimate of drug-likeness (QED) is 0.416. The van der Waals surface area contributed by atoms with E-state index in [0.29, 0.717) is 72.9 Å². The summed E-state index contributed by atoms with van der Waals surface area (Å²) in [5.41, 5.74) is 9.25. The molecule has 2 aliphatic heterocycles. The molecule has 4 aromatic rings. The number of pyridine rings is 1. The van der Waals surface area contributed by atoms with E-state index in [9.17, 15) is 14.9 Å². The minimum Gasteiger partial charge on any atom is -0.486 e. The van der Waals surface area contributed by atoms with E-state index in [-0.39, 0.29) is 17.6 Å². The van der Waals surface area contributed by atoms with Crippen molar-refractivity contribution in [3.05, 3.63) is 63.3 Å². The van der Waals surface area contributed by atoms with Crippen molar-refractivity contribution < 1.29 is 18.7 Å². The van der Waals surface area contributed by atoms with Crippen LogP contribution in [0.5, 0.6) is 5.75 Å². The average Bonchev–Trinajstić information content (AvgIpc) is 3.60. The second kappa shape index (κ2) is 9.75. The minimum absolute atomic E-state index is 0.0810. The van der Waals surface area contributed by atoms with Gasteiger partial charge in [0, 0.05) is 43.9 Å². The highest BCUT2D eigenvalue weighted by atomic mass is 16.5. The maximum absolute atomic E-state index is 13.4. The van der Waals surface area contributed by atoms with E-state index < -0.39 is 11.5 Å². The average molecular weight is 528 g/mol. The molecule has 2 fully saturated rings. The van der Waals surface area contributed by atoms with E-state index >= 15 is 0 Å². The third kappa shape index (κ3) is 4.38. The molecule has 10 nitrogen and oxygen atoms in total. The molecule has 10 heteroatoms. The van der Waals surface area contributed by atoms with Crippen LogP contribution in [0.1, 0.15) is 52.6 Å². The van der Waals surface area contributed by atoms with Crippen molar-refractivity contribution in [2.45, 2.75) is 38.2 Å². The smallest absolute Gasteiger partial charge is 0.265 e. The molecular formula is C29H29N5O5. The summed E-state index contributed by atoms with van der Waals surface area (Å²) in [6.45, 7) is 4.19. The van der Waals surface area contributed by atoms with E-state index in [0.717, 1.165) is 23.1 Å². The van der Waals surface area contributed by atoms with Crippen LogP contribution < -0.4 is 20.9 Å². The van der Waals surface area contributed by atoms with Crippen molar-refractivity contribution in [1.29, 1.82) is 5.26 Å². The fourth-order valence-electron chi connectivity index (χ4n) is 5.65. The molecule has 4 heterocycles. The van der Waals surface area contributed by atoms with Crippen LogP contribution in [0.15, 0.2) is 39.5 Å². The number of hydrogen-bond acceptors (Lipinski definition) is 8. The predicted molar refractivity (Wildman–Crippen MR) is 145 cm³/mol. The first-order chi connectivity index (χ1) is 18.8. The molecule has 0 spiro atoms. The van der Waals surface area contributed by atoms with Gasteiger partial charge in [-0.1, -0.05) is 6.07 Å². The SMILES string of the molecule is Cc1ccc2oc(C3CCN(c4c(C(N)=O)c(=O)n(C)c5cc(OC6CCOC6)c(C#N)cc45)CC3)nc2c1. The molecule has 2 aromatic carbocycles. The highest BCUT2D eigenvalue weighted by molar-refractivity contribution is 6.07. The summed E-state index contributed by atoms with van der Waals surface area (Å²) in [7, 11) is 1.59. The van der Waals surface area contributed by atoms with Gasteiger partial charge in [-0.15, -0.1) is 0 Å². The van der Waals surface area contributed by atoms with E-state index in [1.165, 1.54) is 4.57 Å². The summed E-state index contributed by atoms with van der Waals surface area (Å²) in [5, 5.41) is 10.5. The first kappa shape index (κ1) is 24.9. The number of nitrogens with zero attached hydrogens (tertiary/aromatic N) is 4. The van der Waals surface area contributed by atoms with Gasteiger partial charge in [-0.05, 0) is 43.5 Å². The monoisotopic (exact) mass is 527 g/mol. The molecule has 1 amide bonds. The van der Waals surface area contributed by atoms with Gasteiger partial charge < -0.3 is 29.1 Å². The van der Waals surface area contributed by atoms with E-state index in [1.54, 1.807) is 19.2 Å². The van der Waals surface area contributed by atoms with E-state index in [4.69, 9.17) is 24.6 Å². The first-order valence-corrected chi connectivity index (χ1v) is 13.1. The number of nitrogens with two attached hydrogens (primary N) is 1. The first-order valence-electron chi connectivity index (χ1n) is 13.1. The Balaban J connectivity index is 1.38. The molecule has 0 radical (unpaired) electrons. The highest BCUT2D eigenvalue weighted by Gasteiger charge is 2.31.